The topological polar surface area (TPSA) is 58.2 Å². The van der Waals surface area contributed by atoms with E-state index >= 15 is 0 Å². The van der Waals surface area contributed by atoms with Gasteiger partial charge in [-0.1, -0.05) is 34.1 Å². The van der Waals surface area contributed by atoms with Gasteiger partial charge >= 0.3 is 0 Å². The van der Waals surface area contributed by atoms with E-state index in [1.807, 2.05) is 36.6 Å². The summed E-state index contributed by atoms with van der Waals surface area (Å²) in [5, 5.41) is 5.39. The number of hydrogen-bond donors (Lipinski definition) is 2. The quantitative estimate of drug-likeness (QED) is 0.741. The lowest BCUT2D eigenvalue weighted by molar-refractivity contribution is -0.120. The van der Waals surface area contributed by atoms with Crippen LogP contribution in [0.1, 0.15) is 15.9 Å². The van der Waals surface area contributed by atoms with Crippen LogP contribution in [0.5, 0.6) is 0 Å². The Kier molecular flexibility index (Phi) is 6.67. The molecule has 6 heteroatoms. The molecule has 2 aromatic rings. The van der Waals surface area contributed by atoms with Crippen molar-refractivity contribution in [2.24, 2.45) is 0 Å². The Morgan fingerprint density at radius 3 is 2.48 bits per heavy atom. The number of thioether (sulfide) groups is 1. The summed E-state index contributed by atoms with van der Waals surface area (Å²) in [7, 11) is 0. The molecular weight excluding hydrogens is 376 g/mol. The van der Waals surface area contributed by atoms with Crippen molar-refractivity contribution < 1.29 is 9.59 Å². The highest BCUT2D eigenvalue weighted by atomic mass is 79.9. The fourth-order valence-corrected chi connectivity index (χ4v) is 2.71. The number of hydrogen-bond acceptors (Lipinski definition) is 3. The fraction of sp³-hybridized carbons (Fsp3) is 0.176. The maximum absolute atomic E-state index is 11.9. The first-order valence-corrected chi connectivity index (χ1v) is 9.03. The molecular formula is C17H17BrN2O2S. The molecule has 0 aliphatic rings. The summed E-state index contributed by atoms with van der Waals surface area (Å²) in [6.45, 7) is 0.397. The first-order valence-electron chi connectivity index (χ1n) is 7.02. The number of benzene rings is 2. The number of amides is 2. The summed E-state index contributed by atoms with van der Waals surface area (Å²) in [5.74, 6) is -0.493. The molecule has 0 heterocycles. The van der Waals surface area contributed by atoms with Crippen molar-refractivity contribution in [1.82, 2.24) is 10.6 Å². The molecule has 23 heavy (non-hydrogen) atoms. The molecule has 120 valence electrons. The molecule has 0 spiro atoms. The third kappa shape index (κ3) is 5.73. The highest BCUT2D eigenvalue weighted by Crippen LogP contribution is 2.14. The predicted octanol–water partition coefficient (Wildman–Crippen LogP) is 3.22. The Balaban J connectivity index is 1.77. The van der Waals surface area contributed by atoms with Gasteiger partial charge in [-0.15, -0.1) is 11.8 Å². The van der Waals surface area contributed by atoms with E-state index in [0.717, 1.165) is 10.0 Å². The van der Waals surface area contributed by atoms with Crippen molar-refractivity contribution in [3.63, 3.8) is 0 Å². The normalized spacial score (nSPS) is 10.2. The van der Waals surface area contributed by atoms with Crippen LogP contribution >= 0.6 is 27.7 Å². The van der Waals surface area contributed by atoms with Gasteiger partial charge in [-0.05, 0) is 42.2 Å². The third-order valence-corrected chi connectivity index (χ3v) is 4.38. The second-order valence-electron chi connectivity index (χ2n) is 4.82. The summed E-state index contributed by atoms with van der Waals surface area (Å²) in [5.41, 5.74) is 1.54. The number of rotatable bonds is 6. The van der Waals surface area contributed by atoms with Crippen molar-refractivity contribution in [3.8, 4) is 0 Å². The average molecular weight is 393 g/mol. The second-order valence-corrected chi connectivity index (χ2v) is 6.61. The summed E-state index contributed by atoms with van der Waals surface area (Å²) < 4.78 is 0.822. The van der Waals surface area contributed by atoms with Crippen LogP contribution in [0.4, 0.5) is 0 Å². The van der Waals surface area contributed by atoms with Crippen molar-refractivity contribution in [1.29, 1.82) is 0 Å². The zero-order valence-electron chi connectivity index (χ0n) is 12.6. The zero-order chi connectivity index (χ0) is 16.7. The van der Waals surface area contributed by atoms with Crippen LogP contribution in [-0.4, -0.2) is 24.6 Å². The first kappa shape index (κ1) is 17.6. The molecule has 0 fully saturated rings. The molecule has 0 aromatic heterocycles. The molecule has 0 aliphatic carbocycles. The smallest absolute Gasteiger partial charge is 0.251 e. The highest BCUT2D eigenvalue weighted by Gasteiger charge is 2.08. The second kappa shape index (κ2) is 8.74. The van der Waals surface area contributed by atoms with Gasteiger partial charge in [-0.2, -0.15) is 0 Å². The van der Waals surface area contributed by atoms with E-state index in [1.54, 1.807) is 30.0 Å². The minimum absolute atomic E-state index is 0.0474. The molecule has 2 N–H and O–H groups in total. The lowest BCUT2D eigenvalue weighted by atomic mass is 10.2. The molecule has 0 saturated heterocycles. The molecule has 0 radical (unpaired) electrons. The number of carbonyl (C=O) groups excluding carboxylic acids is 2. The van der Waals surface area contributed by atoms with E-state index in [4.69, 9.17) is 0 Å². The van der Waals surface area contributed by atoms with Gasteiger partial charge in [0.05, 0.1) is 6.54 Å². The van der Waals surface area contributed by atoms with Gasteiger partial charge in [-0.25, -0.2) is 0 Å². The Morgan fingerprint density at radius 2 is 1.83 bits per heavy atom. The van der Waals surface area contributed by atoms with Gasteiger partial charge in [0.2, 0.25) is 5.91 Å². The van der Waals surface area contributed by atoms with Gasteiger partial charge in [-0.3, -0.25) is 9.59 Å². The van der Waals surface area contributed by atoms with Gasteiger partial charge in [0, 0.05) is 21.5 Å². The number of halogens is 1. The van der Waals surface area contributed by atoms with E-state index in [-0.39, 0.29) is 18.4 Å². The van der Waals surface area contributed by atoms with Crippen LogP contribution < -0.4 is 10.6 Å². The maximum Gasteiger partial charge on any atom is 0.251 e. The van der Waals surface area contributed by atoms with Crippen LogP contribution in [-0.2, 0) is 11.3 Å². The zero-order valence-corrected chi connectivity index (χ0v) is 15.0. The van der Waals surface area contributed by atoms with Crippen LogP contribution in [0.15, 0.2) is 57.9 Å². The average Bonchev–Trinajstić information content (AvgIpc) is 2.58. The molecule has 0 unspecified atom stereocenters. The van der Waals surface area contributed by atoms with Crippen LogP contribution in [0, 0.1) is 0 Å². The number of carbonyl (C=O) groups is 2. The summed E-state index contributed by atoms with van der Waals surface area (Å²) in [6.07, 6.45) is 2.02. The van der Waals surface area contributed by atoms with Crippen molar-refractivity contribution >= 4 is 39.5 Å². The summed E-state index contributed by atoms with van der Waals surface area (Å²) in [6, 6.07) is 15.0. The molecule has 2 aromatic carbocycles. The van der Waals surface area contributed by atoms with Crippen molar-refractivity contribution in [3.05, 3.63) is 64.1 Å². The fourth-order valence-electron chi connectivity index (χ4n) is 1.90. The Labute approximate surface area is 148 Å². The molecule has 4 nitrogen and oxygen atoms in total. The Bertz CT molecular complexity index is 689. The lowest BCUT2D eigenvalue weighted by Crippen LogP contribution is -2.36. The Morgan fingerprint density at radius 1 is 1.09 bits per heavy atom. The van der Waals surface area contributed by atoms with E-state index in [0.29, 0.717) is 12.1 Å². The van der Waals surface area contributed by atoms with E-state index < -0.39 is 0 Å². The van der Waals surface area contributed by atoms with Crippen LogP contribution in [0.25, 0.3) is 0 Å². The molecule has 2 rings (SSSR count). The van der Waals surface area contributed by atoms with Crippen molar-refractivity contribution in [2.75, 3.05) is 12.8 Å². The van der Waals surface area contributed by atoms with Crippen molar-refractivity contribution in [2.45, 2.75) is 11.4 Å². The van der Waals surface area contributed by atoms with E-state index in [2.05, 4.69) is 26.6 Å². The Hall–Kier alpha value is -1.79. The summed E-state index contributed by atoms with van der Waals surface area (Å²) >= 11 is 4.98. The standard InChI is InChI=1S/C17H17BrN2O2S/c1-23-15-7-5-12(6-8-15)10-19-16(21)11-20-17(22)13-3-2-4-14(18)9-13/h2-9H,10-11H2,1H3,(H,19,21)(H,20,22). The number of nitrogens with one attached hydrogen (secondary N) is 2. The van der Waals surface area contributed by atoms with Crippen LogP contribution in [0.2, 0.25) is 0 Å². The monoisotopic (exact) mass is 392 g/mol. The summed E-state index contributed by atoms with van der Waals surface area (Å²) in [4.78, 5) is 24.9. The maximum atomic E-state index is 11.9. The third-order valence-electron chi connectivity index (χ3n) is 3.15. The molecule has 2 amide bonds. The SMILES string of the molecule is CSc1ccc(CNC(=O)CNC(=O)c2cccc(Br)c2)cc1. The minimum Gasteiger partial charge on any atom is -0.350 e. The first-order chi connectivity index (χ1) is 11.1. The largest absolute Gasteiger partial charge is 0.350 e. The molecule has 0 saturated carbocycles. The van der Waals surface area contributed by atoms with Gasteiger partial charge in [0.15, 0.2) is 0 Å². The highest BCUT2D eigenvalue weighted by molar-refractivity contribution is 9.10. The minimum atomic E-state index is -0.272. The van der Waals surface area contributed by atoms with Gasteiger partial charge < -0.3 is 10.6 Å². The molecule has 0 aliphatic heterocycles. The van der Waals surface area contributed by atoms with E-state index in [1.165, 1.54) is 4.90 Å². The van der Waals surface area contributed by atoms with Gasteiger partial charge in [0.25, 0.3) is 5.91 Å². The van der Waals surface area contributed by atoms with E-state index in [9.17, 15) is 9.59 Å². The van der Waals surface area contributed by atoms with Gasteiger partial charge in [0.1, 0.15) is 0 Å². The molecule has 0 bridgehead atoms. The lowest BCUT2D eigenvalue weighted by Gasteiger charge is -2.08. The predicted molar refractivity (Wildman–Crippen MR) is 96.5 cm³/mol. The van der Waals surface area contributed by atoms with Crippen LogP contribution in [0.3, 0.4) is 0 Å². The molecule has 0 atom stereocenters.